The fraction of sp³-hybridized carbons (Fsp3) is 0.444. The van der Waals surface area contributed by atoms with Crippen LogP contribution < -0.4 is 4.90 Å². The van der Waals surface area contributed by atoms with E-state index in [0.29, 0.717) is 18.9 Å². The summed E-state index contributed by atoms with van der Waals surface area (Å²) in [7, 11) is 1.67. The molecule has 7 nitrogen and oxygen atoms in total. The second-order valence-corrected chi connectivity index (χ2v) is 3.22. The Hall–Kier alpha value is -1.89. The lowest BCUT2D eigenvalue weighted by Crippen LogP contribution is -2.29. The monoisotopic (exact) mass is 226 g/mol. The van der Waals surface area contributed by atoms with E-state index in [1.807, 2.05) is 0 Å². The van der Waals surface area contributed by atoms with E-state index in [0.717, 1.165) is 0 Å². The van der Waals surface area contributed by atoms with Gasteiger partial charge in [-0.15, -0.1) is 6.58 Å². The molecule has 1 rings (SSSR count). The van der Waals surface area contributed by atoms with Gasteiger partial charge in [-0.1, -0.05) is 6.08 Å². The van der Waals surface area contributed by atoms with Crippen molar-refractivity contribution in [3.05, 3.63) is 29.1 Å². The van der Waals surface area contributed by atoms with Crippen molar-refractivity contribution in [3.63, 3.8) is 0 Å². The maximum Gasteiger partial charge on any atom is 0.406 e. The van der Waals surface area contributed by atoms with Gasteiger partial charge in [0.2, 0.25) is 12.1 Å². The van der Waals surface area contributed by atoms with Crippen LogP contribution in [0.15, 0.2) is 19.0 Å². The smallest absolute Gasteiger partial charge is 0.395 e. The number of aliphatic hydroxyl groups is 1. The summed E-state index contributed by atoms with van der Waals surface area (Å²) < 4.78 is 1.55. The highest BCUT2D eigenvalue weighted by atomic mass is 16.6. The van der Waals surface area contributed by atoms with Crippen molar-refractivity contribution in [1.82, 2.24) is 9.55 Å². The van der Waals surface area contributed by atoms with Gasteiger partial charge in [-0.05, 0) is 9.91 Å². The minimum atomic E-state index is -0.539. The molecule has 0 aliphatic rings. The van der Waals surface area contributed by atoms with Crippen molar-refractivity contribution in [3.8, 4) is 0 Å². The van der Waals surface area contributed by atoms with Gasteiger partial charge in [0.25, 0.3) is 0 Å². The van der Waals surface area contributed by atoms with Gasteiger partial charge in [-0.3, -0.25) is 4.57 Å². The number of imidazole rings is 1. The molecule has 0 amide bonds. The molecule has 0 aliphatic heterocycles. The molecular formula is C9H14N4O3. The molecule has 0 radical (unpaired) electrons. The van der Waals surface area contributed by atoms with Gasteiger partial charge < -0.3 is 20.1 Å². The Balaban J connectivity index is 3.10. The molecule has 0 saturated carbocycles. The molecule has 16 heavy (non-hydrogen) atoms. The SMILES string of the molecule is C=CCN(CCO)c1c([N+](=O)[O-])ncn1C. The fourth-order valence-electron chi connectivity index (χ4n) is 1.46. The van der Waals surface area contributed by atoms with E-state index in [4.69, 9.17) is 5.11 Å². The first-order chi connectivity index (χ1) is 7.61. The topological polar surface area (TPSA) is 84.4 Å². The highest BCUT2D eigenvalue weighted by molar-refractivity contribution is 5.54. The van der Waals surface area contributed by atoms with Crippen molar-refractivity contribution in [2.75, 3.05) is 24.6 Å². The zero-order chi connectivity index (χ0) is 12.1. The van der Waals surface area contributed by atoms with E-state index in [-0.39, 0.29) is 12.4 Å². The molecule has 0 aliphatic carbocycles. The minimum absolute atomic E-state index is 0.0871. The number of anilines is 1. The number of aromatic nitrogens is 2. The molecule has 0 spiro atoms. The molecule has 1 heterocycles. The first kappa shape index (κ1) is 12.2. The molecule has 1 N–H and O–H groups in total. The summed E-state index contributed by atoms with van der Waals surface area (Å²) in [5.41, 5.74) is 0. The van der Waals surface area contributed by atoms with Gasteiger partial charge in [0.15, 0.2) is 0 Å². The average Bonchev–Trinajstić information content (AvgIpc) is 2.60. The van der Waals surface area contributed by atoms with E-state index in [9.17, 15) is 10.1 Å². The van der Waals surface area contributed by atoms with Crippen molar-refractivity contribution < 1.29 is 10.0 Å². The molecule has 0 atom stereocenters. The van der Waals surface area contributed by atoms with Crippen LogP contribution in [0.4, 0.5) is 11.6 Å². The van der Waals surface area contributed by atoms with Gasteiger partial charge in [-0.2, -0.15) is 0 Å². The maximum absolute atomic E-state index is 10.8. The van der Waals surface area contributed by atoms with Crippen LogP contribution in [0.25, 0.3) is 0 Å². The summed E-state index contributed by atoms with van der Waals surface area (Å²) in [5, 5.41) is 19.7. The predicted molar refractivity (Wildman–Crippen MR) is 59.4 cm³/mol. The number of hydrogen-bond acceptors (Lipinski definition) is 5. The molecule has 0 fully saturated rings. The molecule has 88 valence electrons. The number of hydrogen-bond donors (Lipinski definition) is 1. The number of aryl methyl sites for hydroxylation is 1. The third-order valence-electron chi connectivity index (χ3n) is 2.08. The first-order valence-electron chi connectivity index (χ1n) is 4.74. The Morgan fingerprint density at radius 3 is 3.00 bits per heavy atom. The van der Waals surface area contributed by atoms with Crippen LogP contribution in [0.5, 0.6) is 0 Å². The predicted octanol–water partition coefficient (Wildman–Crippen LogP) is 0.313. The lowest BCUT2D eigenvalue weighted by molar-refractivity contribution is -0.388. The van der Waals surface area contributed by atoms with Crippen molar-refractivity contribution >= 4 is 11.6 Å². The quantitative estimate of drug-likeness (QED) is 0.429. The number of nitro groups is 1. The molecule has 1 aromatic heterocycles. The van der Waals surface area contributed by atoms with Gasteiger partial charge in [0.1, 0.15) is 0 Å². The number of rotatable bonds is 6. The van der Waals surface area contributed by atoms with Crippen LogP contribution in [0.2, 0.25) is 0 Å². The standard InChI is InChI=1S/C9H14N4O3/c1-3-4-12(5-6-14)9-8(13(15)16)10-7-11(9)2/h3,7,14H,1,4-6H2,2H3. The third-order valence-corrected chi connectivity index (χ3v) is 2.08. The normalized spacial score (nSPS) is 10.1. The molecular weight excluding hydrogens is 212 g/mol. The molecule has 0 unspecified atom stereocenters. The van der Waals surface area contributed by atoms with E-state index in [2.05, 4.69) is 11.6 Å². The van der Waals surface area contributed by atoms with Gasteiger partial charge in [-0.25, -0.2) is 0 Å². The Labute approximate surface area is 92.8 Å². The maximum atomic E-state index is 10.8. The molecule has 0 aromatic carbocycles. The molecule has 7 heteroatoms. The van der Waals surface area contributed by atoms with Crippen molar-refractivity contribution in [2.45, 2.75) is 0 Å². The van der Waals surface area contributed by atoms with Crippen LogP contribution in [0.3, 0.4) is 0 Å². The van der Waals surface area contributed by atoms with Gasteiger partial charge >= 0.3 is 5.82 Å². The number of aliphatic hydroxyl groups excluding tert-OH is 1. The first-order valence-corrected chi connectivity index (χ1v) is 4.74. The number of nitrogens with zero attached hydrogens (tertiary/aromatic N) is 4. The van der Waals surface area contributed by atoms with Crippen LogP contribution in [-0.2, 0) is 7.05 Å². The summed E-state index contributed by atoms with van der Waals surface area (Å²) in [6.07, 6.45) is 2.99. The van der Waals surface area contributed by atoms with Crippen molar-refractivity contribution in [1.29, 1.82) is 0 Å². The van der Waals surface area contributed by atoms with Crippen LogP contribution >= 0.6 is 0 Å². The van der Waals surface area contributed by atoms with E-state index in [1.54, 1.807) is 22.6 Å². The Kier molecular flexibility index (Phi) is 4.01. The van der Waals surface area contributed by atoms with Crippen LogP contribution in [-0.4, -0.2) is 39.3 Å². The largest absolute Gasteiger partial charge is 0.406 e. The van der Waals surface area contributed by atoms with E-state index in [1.165, 1.54) is 6.33 Å². The summed E-state index contributed by atoms with van der Waals surface area (Å²) in [5.74, 6) is 0.164. The summed E-state index contributed by atoms with van der Waals surface area (Å²) in [4.78, 5) is 15.6. The second kappa shape index (κ2) is 5.26. The zero-order valence-electron chi connectivity index (χ0n) is 9.04. The van der Waals surface area contributed by atoms with E-state index < -0.39 is 4.92 Å². The Bertz CT molecular complexity index is 388. The molecule has 0 bridgehead atoms. The summed E-state index contributed by atoms with van der Waals surface area (Å²) in [6.45, 7) is 4.20. The third kappa shape index (κ3) is 2.37. The lowest BCUT2D eigenvalue weighted by atomic mass is 10.4. The highest BCUT2D eigenvalue weighted by Gasteiger charge is 2.24. The average molecular weight is 226 g/mol. The fourth-order valence-corrected chi connectivity index (χ4v) is 1.46. The Morgan fingerprint density at radius 2 is 2.50 bits per heavy atom. The summed E-state index contributed by atoms with van der Waals surface area (Å²) >= 11 is 0. The van der Waals surface area contributed by atoms with E-state index >= 15 is 0 Å². The highest BCUT2D eigenvalue weighted by Crippen LogP contribution is 2.25. The van der Waals surface area contributed by atoms with Gasteiger partial charge in [0.05, 0.1) is 6.61 Å². The van der Waals surface area contributed by atoms with Crippen LogP contribution in [0.1, 0.15) is 0 Å². The minimum Gasteiger partial charge on any atom is -0.395 e. The molecule has 0 saturated heterocycles. The van der Waals surface area contributed by atoms with Crippen molar-refractivity contribution in [2.24, 2.45) is 7.05 Å². The zero-order valence-corrected chi connectivity index (χ0v) is 9.04. The molecule has 1 aromatic rings. The Morgan fingerprint density at radius 1 is 1.81 bits per heavy atom. The summed E-state index contributed by atoms with van der Waals surface area (Å²) in [6, 6.07) is 0. The second-order valence-electron chi connectivity index (χ2n) is 3.22. The van der Waals surface area contributed by atoms with Crippen LogP contribution in [0, 0.1) is 10.1 Å². The lowest BCUT2D eigenvalue weighted by Gasteiger charge is -2.20. The van der Waals surface area contributed by atoms with Gasteiger partial charge in [0, 0.05) is 20.1 Å².